The minimum atomic E-state index is -0.549. The van der Waals surface area contributed by atoms with Gasteiger partial charge in [0.25, 0.3) is 5.69 Å². The number of hydrogen-bond acceptors (Lipinski definition) is 6. The number of methoxy groups -OCH3 is 1. The number of nitrogens with two attached hydrogens (primary N) is 1. The molecule has 24 heavy (non-hydrogen) atoms. The molecule has 8 heteroatoms. The molecule has 1 fully saturated rings. The number of nitrogen functional groups attached to an aromatic ring is 1. The lowest BCUT2D eigenvalue weighted by molar-refractivity contribution is -0.383. The van der Waals surface area contributed by atoms with Gasteiger partial charge in [0.1, 0.15) is 5.69 Å². The van der Waals surface area contributed by atoms with Crippen molar-refractivity contribution in [3.63, 3.8) is 0 Å². The van der Waals surface area contributed by atoms with Gasteiger partial charge in [-0.05, 0) is 30.4 Å². The molecule has 8 nitrogen and oxygen atoms in total. The molecule has 1 aliphatic heterocycles. The molecule has 0 bridgehead atoms. The molecule has 1 aliphatic rings. The number of likely N-dealkylation sites (tertiary alicyclic amines) is 1. The van der Waals surface area contributed by atoms with Gasteiger partial charge in [-0.1, -0.05) is 6.07 Å². The monoisotopic (exact) mass is 335 g/mol. The zero-order valence-corrected chi connectivity index (χ0v) is 13.6. The first kappa shape index (κ1) is 17.7. The maximum Gasteiger partial charge on any atom is 0.305 e. The van der Waals surface area contributed by atoms with E-state index in [0.29, 0.717) is 25.1 Å². The number of nitro groups is 1. The number of hydrogen-bond donors (Lipinski definition) is 1. The second-order valence-electron chi connectivity index (χ2n) is 5.93. The Labute approximate surface area is 139 Å². The van der Waals surface area contributed by atoms with Crippen LogP contribution in [0.2, 0.25) is 0 Å². The molecule has 1 amide bonds. The molecule has 2 rings (SSSR count). The van der Waals surface area contributed by atoms with Crippen molar-refractivity contribution >= 4 is 23.3 Å². The fourth-order valence-electron chi connectivity index (χ4n) is 2.87. The Morgan fingerprint density at radius 1 is 1.38 bits per heavy atom. The van der Waals surface area contributed by atoms with Crippen molar-refractivity contribution in [1.82, 2.24) is 4.90 Å². The van der Waals surface area contributed by atoms with Gasteiger partial charge in [-0.3, -0.25) is 19.7 Å². The summed E-state index contributed by atoms with van der Waals surface area (Å²) in [6, 6.07) is 4.34. The summed E-state index contributed by atoms with van der Waals surface area (Å²) in [5.41, 5.74) is 6.20. The molecule has 130 valence electrons. The molecular weight excluding hydrogens is 314 g/mol. The van der Waals surface area contributed by atoms with Crippen LogP contribution < -0.4 is 5.73 Å². The molecule has 1 aromatic carbocycles. The molecule has 1 saturated heterocycles. The number of carbonyl (C=O) groups excluding carboxylic acids is 2. The summed E-state index contributed by atoms with van der Waals surface area (Å²) in [6.07, 6.45) is 2.08. The van der Waals surface area contributed by atoms with Crippen LogP contribution in [-0.2, 0) is 20.7 Å². The van der Waals surface area contributed by atoms with E-state index in [1.807, 2.05) is 0 Å². The van der Waals surface area contributed by atoms with Crippen LogP contribution in [0.25, 0.3) is 0 Å². The highest BCUT2D eigenvalue weighted by molar-refractivity contribution is 5.79. The molecule has 0 atom stereocenters. The molecule has 0 aromatic heterocycles. The van der Waals surface area contributed by atoms with Crippen LogP contribution in [0.4, 0.5) is 11.4 Å². The lowest BCUT2D eigenvalue weighted by Gasteiger charge is -2.31. The number of amides is 1. The van der Waals surface area contributed by atoms with E-state index in [1.165, 1.54) is 19.2 Å². The van der Waals surface area contributed by atoms with Gasteiger partial charge in [0.05, 0.1) is 18.5 Å². The standard InChI is InChI=1S/C16H21N3O5/c1-24-16(21)10-11-4-6-18(7-5-11)15(20)9-12-2-3-14(19(22)23)13(17)8-12/h2-3,8,11H,4-7,9-10,17H2,1H3. The quantitative estimate of drug-likeness (QED) is 0.377. The summed E-state index contributed by atoms with van der Waals surface area (Å²) in [6.45, 7) is 1.20. The number of ether oxygens (including phenoxy) is 1. The Morgan fingerprint density at radius 3 is 2.58 bits per heavy atom. The van der Waals surface area contributed by atoms with Crippen molar-refractivity contribution in [1.29, 1.82) is 0 Å². The number of nitro benzene ring substituents is 1. The third-order valence-corrected chi connectivity index (χ3v) is 4.29. The van der Waals surface area contributed by atoms with Crippen molar-refractivity contribution < 1.29 is 19.2 Å². The Kier molecular flexibility index (Phi) is 5.73. The van der Waals surface area contributed by atoms with Gasteiger partial charge in [-0.15, -0.1) is 0 Å². The summed E-state index contributed by atoms with van der Waals surface area (Å²) in [4.78, 5) is 35.6. The molecule has 0 unspecified atom stereocenters. The van der Waals surface area contributed by atoms with Crippen LogP contribution in [-0.4, -0.2) is 41.9 Å². The van der Waals surface area contributed by atoms with Crippen LogP contribution in [0.3, 0.4) is 0 Å². The normalized spacial score (nSPS) is 15.1. The first-order valence-electron chi connectivity index (χ1n) is 7.78. The molecular formula is C16H21N3O5. The summed E-state index contributed by atoms with van der Waals surface area (Å²) in [5.74, 6) is -0.0163. The lowest BCUT2D eigenvalue weighted by Crippen LogP contribution is -2.39. The van der Waals surface area contributed by atoms with E-state index in [1.54, 1.807) is 11.0 Å². The largest absolute Gasteiger partial charge is 0.469 e. The highest BCUT2D eigenvalue weighted by atomic mass is 16.6. The highest BCUT2D eigenvalue weighted by Crippen LogP contribution is 2.24. The number of benzene rings is 1. The van der Waals surface area contributed by atoms with Gasteiger partial charge in [0, 0.05) is 25.6 Å². The molecule has 1 heterocycles. The Hall–Kier alpha value is -2.64. The fourth-order valence-corrected chi connectivity index (χ4v) is 2.87. The first-order chi connectivity index (χ1) is 11.4. The van der Waals surface area contributed by atoms with E-state index in [0.717, 1.165) is 12.8 Å². The third kappa shape index (κ3) is 4.43. The van der Waals surface area contributed by atoms with Gasteiger partial charge in [0.15, 0.2) is 0 Å². The molecule has 0 radical (unpaired) electrons. The minimum Gasteiger partial charge on any atom is -0.469 e. The first-order valence-corrected chi connectivity index (χ1v) is 7.78. The second-order valence-corrected chi connectivity index (χ2v) is 5.93. The summed E-state index contributed by atoms with van der Waals surface area (Å²) in [7, 11) is 1.37. The molecule has 0 aliphatic carbocycles. The average molecular weight is 335 g/mol. The minimum absolute atomic E-state index is 0.0419. The van der Waals surface area contributed by atoms with Crippen LogP contribution >= 0.6 is 0 Å². The lowest BCUT2D eigenvalue weighted by atomic mass is 9.93. The van der Waals surface area contributed by atoms with Gasteiger partial charge in [-0.25, -0.2) is 0 Å². The van der Waals surface area contributed by atoms with E-state index in [4.69, 9.17) is 5.73 Å². The summed E-state index contributed by atoms with van der Waals surface area (Å²) >= 11 is 0. The molecule has 0 saturated carbocycles. The maximum atomic E-state index is 12.3. The number of esters is 1. The predicted molar refractivity (Wildman–Crippen MR) is 87.1 cm³/mol. The van der Waals surface area contributed by atoms with Crippen LogP contribution in [0.15, 0.2) is 18.2 Å². The zero-order chi connectivity index (χ0) is 17.7. The van der Waals surface area contributed by atoms with Crippen molar-refractivity contribution in [2.75, 3.05) is 25.9 Å². The topological polar surface area (TPSA) is 116 Å². The van der Waals surface area contributed by atoms with Gasteiger partial charge in [-0.2, -0.15) is 0 Å². The van der Waals surface area contributed by atoms with Gasteiger partial charge in [0.2, 0.25) is 5.91 Å². The van der Waals surface area contributed by atoms with E-state index < -0.39 is 4.92 Å². The van der Waals surface area contributed by atoms with Crippen molar-refractivity contribution in [3.8, 4) is 0 Å². The Balaban J connectivity index is 1.89. The predicted octanol–water partition coefficient (Wildman–Crippen LogP) is 1.52. The maximum absolute atomic E-state index is 12.3. The summed E-state index contributed by atoms with van der Waals surface area (Å²) < 4.78 is 4.66. The van der Waals surface area contributed by atoms with E-state index >= 15 is 0 Å². The molecule has 2 N–H and O–H groups in total. The van der Waals surface area contributed by atoms with Gasteiger partial charge < -0.3 is 15.4 Å². The van der Waals surface area contributed by atoms with Crippen molar-refractivity contribution in [2.24, 2.45) is 5.92 Å². The fraction of sp³-hybridized carbons (Fsp3) is 0.500. The molecule has 0 spiro atoms. The van der Waals surface area contributed by atoms with Crippen LogP contribution in [0.1, 0.15) is 24.8 Å². The van der Waals surface area contributed by atoms with E-state index in [9.17, 15) is 19.7 Å². The SMILES string of the molecule is COC(=O)CC1CCN(C(=O)Cc2ccc([N+](=O)[O-])c(N)c2)CC1. The Morgan fingerprint density at radius 2 is 2.04 bits per heavy atom. The highest BCUT2D eigenvalue weighted by Gasteiger charge is 2.25. The van der Waals surface area contributed by atoms with Crippen molar-refractivity contribution in [2.45, 2.75) is 25.7 Å². The van der Waals surface area contributed by atoms with Crippen LogP contribution in [0.5, 0.6) is 0 Å². The van der Waals surface area contributed by atoms with Crippen molar-refractivity contribution in [3.05, 3.63) is 33.9 Å². The number of piperidine rings is 1. The Bertz CT molecular complexity index is 639. The zero-order valence-electron chi connectivity index (χ0n) is 13.6. The molecule has 1 aromatic rings. The third-order valence-electron chi connectivity index (χ3n) is 4.29. The second kappa shape index (κ2) is 7.76. The number of rotatable bonds is 5. The average Bonchev–Trinajstić information content (AvgIpc) is 2.55. The number of anilines is 1. The van der Waals surface area contributed by atoms with E-state index in [-0.39, 0.29) is 35.6 Å². The number of nitrogens with zero attached hydrogens (tertiary/aromatic N) is 2. The summed E-state index contributed by atoms with van der Waals surface area (Å²) in [5, 5.41) is 10.7. The number of carbonyl (C=O) groups is 2. The smallest absolute Gasteiger partial charge is 0.305 e. The van der Waals surface area contributed by atoms with E-state index in [2.05, 4.69) is 4.74 Å². The van der Waals surface area contributed by atoms with Crippen LogP contribution in [0, 0.1) is 16.0 Å². The van der Waals surface area contributed by atoms with Gasteiger partial charge >= 0.3 is 5.97 Å².